The molecule has 0 spiro atoms. The Balaban J connectivity index is 1.43. The molecule has 1 aromatic carbocycles. The van der Waals surface area contributed by atoms with Crippen molar-refractivity contribution >= 4 is 11.9 Å². The maximum Gasteiger partial charge on any atom is 0.410 e. The van der Waals surface area contributed by atoms with Crippen molar-refractivity contribution in [2.24, 2.45) is 5.92 Å². The predicted octanol–water partition coefficient (Wildman–Crippen LogP) is 4.37. The molecule has 0 radical (unpaired) electrons. The molecule has 0 aliphatic carbocycles. The van der Waals surface area contributed by atoms with Crippen molar-refractivity contribution in [1.82, 2.24) is 9.88 Å². The van der Waals surface area contributed by atoms with Crippen molar-refractivity contribution in [3.8, 4) is 0 Å². The lowest BCUT2D eigenvalue weighted by atomic mass is 9.76. The molecule has 2 saturated heterocycles. The summed E-state index contributed by atoms with van der Waals surface area (Å²) in [6, 6.07) is 10.8. The highest BCUT2D eigenvalue weighted by Gasteiger charge is 2.43. The first-order valence-corrected chi connectivity index (χ1v) is 9.75. The molecule has 6 heteroatoms. The average Bonchev–Trinajstić information content (AvgIpc) is 2.71. The largest absolute Gasteiger partial charge is 0.445 e. The van der Waals surface area contributed by atoms with Crippen molar-refractivity contribution < 1.29 is 18.7 Å². The normalized spacial score (nSPS) is 23.9. The van der Waals surface area contributed by atoms with Crippen LogP contribution in [0.3, 0.4) is 0 Å². The first-order valence-electron chi connectivity index (χ1n) is 9.75. The fraction of sp³-hybridized carbons (Fsp3) is 0.409. The number of ether oxygens (including phenoxy) is 1. The van der Waals surface area contributed by atoms with Crippen molar-refractivity contribution in [3.63, 3.8) is 0 Å². The maximum atomic E-state index is 13.4. The van der Waals surface area contributed by atoms with Crippen LogP contribution in [0.1, 0.15) is 48.0 Å². The van der Waals surface area contributed by atoms with Gasteiger partial charge < -0.3 is 9.64 Å². The van der Waals surface area contributed by atoms with Gasteiger partial charge in [-0.1, -0.05) is 30.3 Å². The molecule has 2 atom stereocenters. The maximum absolute atomic E-state index is 13.4. The van der Waals surface area contributed by atoms with Crippen LogP contribution in [0.4, 0.5) is 9.18 Å². The number of rotatable bonds is 4. The van der Waals surface area contributed by atoms with Crippen LogP contribution in [0.2, 0.25) is 0 Å². The number of benzene rings is 1. The molecule has 2 fully saturated rings. The van der Waals surface area contributed by atoms with E-state index in [0.29, 0.717) is 18.4 Å². The first kappa shape index (κ1) is 18.6. The summed E-state index contributed by atoms with van der Waals surface area (Å²) < 4.78 is 19.0. The minimum absolute atomic E-state index is 0.00811. The number of piperidine rings is 2. The first-order chi connectivity index (χ1) is 13.6. The molecule has 146 valence electrons. The highest BCUT2D eigenvalue weighted by molar-refractivity contribution is 5.97. The molecular weight excluding hydrogens is 359 g/mol. The van der Waals surface area contributed by atoms with Gasteiger partial charge in [-0.25, -0.2) is 9.18 Å². The van der Waals surface area contributed by atoms with Gasteiger partial charge in [0, 0.05) is 29.8 Å². The van der Waals surface area contributed by atoms with Crippen LogP contribution in [0.5, 0.6) is 0 Å². The molecule has 0 saturated carbocycles. The zero-order chi connectivity index (χ0) is 19.5. The number of halogens is 1. The second kappa shape index (κ2) is 8.09. The number of nitrogens with zero attached hydrogens (tertiary/aromatic N) is 2. The predicted molar refractivity (Wildman–Crippen MR) is 101 cm³/mol. The highest BCUT2D eigenvalue weighted by atomic mass is 19.1. The molecule has 2 aliphatic heterocycles. The molecule has 3 heterocycles. The summed E-state index contributed by atoms with van der Waals surface area (Å²) in [6.45, 7) is 0.243. The Morgan fingerprint density at radius 2 is 1.82 bits per heavy atom. The van der Waals surface area contributed by atoms with Crippen LogP contribution >= 0.6 is 0 Å². The third kappa shape index (κ3) is 3.91. The van der Waals surface area contributed by atoms with Gasteiger partial charge in [-0.05, 0) is 43.7 Å². The third-order valence-electron chi connectivity index (χ3n) is 5.75. The Morgan fingerprint density at radius 3 is 2.50 bits per heavy atom. The van der Waals surface area contributed by atoms with Crippen LogP contribution < -0.4 is 0 Å². The van der Waals surface area contributed by atoms with Crippen LogP contribution in [0, 0.1) is 11.7 Å². The van der Waals surface area contributed by atoms with E-state index >= 15 is 0 Å². The van der Waals surface area contributed by atoms with Gasteiger partial charge >= 0.3 is 6.09 Å². The van der Waals surface area contributed by atoms with E-state index in [4.69, 9.17) is 4.74 Å². The van der Waals surface area contributed by atoms with Crippen molar-refractivity contribution in [3.05, 3.63) is 65.7 Å². The van der Waals surface area contributed by atoms with Gasteiger partial charge in [-0.3, -0.25) is 9.78 Å². The molecular formula is C22H23FN2O3. The standard InChI is InChI=1S/C22H23FN2O3/c23-18-9-17(12-24-13-18)21(26)16-10-19-7-4-8-20(11-16)25(19)22(27)28-14-15-5-2-1-3-6-15/h1-3,5-6,9,12-13,16,19-20H,4,7-8,10-11,14H2. The van der Waals surface area contributed by atoms with E-state index in [0.717, 1.165) is 31.0 Å². The summed E-state index contributed by atoms with van der Waals surface area (Å²) in [7, 11) is 0. The van der Waals surface area contributed by atoms with Crippen molar-refractivity contribution in [1.29, 1.82) is 0 Å². The monoisotopic (exact) mass is 382 g/mol. The van der Waals surface area contributed by atoms with E-state index in [2.05, 4.69) is 4.98 Å². The summed E-state index contributed by atoms with van der Waals surface area (Å²) in [6.07, 6.45) is 6.15. The SMILES string of the molecule is O=C(c1cncc(F)c1)C1CC2CCCC(C1)N2C(=O)OCc1ccccc1. The molecule has 4 rings (SSSR count). The Morgan fingerprint density at radius 1 is 1.11 bits per heavy atom. The fourth-order valence-corrected chi connectivity index (χ4v) is 4.47. The van der Waals surface area contributed by atoms with Gasteiger partial charge in [0.2, 0.25) is 0 Å². The quantitative estimate of drug-likeness (QED) is 0.737. The number of amides is 1. The van der Waals surface area contributed by atoms with Gasteiger partial charge in [-0.15, -0.1) is 0 Å². The van der Waals surface area contributed by atoms with Crippen LogP contribution in [-0.4, -0.2) is 33.8 Å². The topological polar surface area (TPSA) is 59.5 Å². The van der Waals surface area contributed by atoms with Crippen molar-refractivity contribution in [2.75, 3.05) is 0 Å². The second-order valence-electron chi connectivity index (χ2n) is 7.61. The molecule has 2 aliphatic rings. The fourth-order valence-electron chi connectivity index (χ4n) is 4.47. The smallest absolute Gasteiger partial charge is 0.410 e. The summed E-state index contributed by atoms with van der Waals surface area (Å²) in [5.74, 6) is -0.800. The van der Waals surface area contributed by atoms with E-state index in [1.807, 2.05) is 35.2 Å². The molecule has 2 unspecified atom stereocenters. The average molecular weight is 382 g/mol. The van der Waals surface area contributed by atoms with Crippen LogP contribution in [0.25, 0.3) is 0 Å². The summed E-state index contributed by atoms with van der Waals surface area (Å²) in [4.78, 5) is 31.2. The number of pyridine rings is 1. The number of carbonyl (C=O) groups is 2. The number of hydrogen-bond acceptors (Lipinski definition) is 4. The number of aromatic nitrogens is 1. The zero-order valence-electron chi connectivity index (χ0n) is 15.6. The Hall–Kier alpha value is -2.76. The highest BCUT2D eigenvalue weighted by Crippen LogP contribution is 2.38. The van der Waals surface area contributed by atoms with E-state index in [1.54, 1.807) is 0 Å². The molecule has 2 aromatic rings. The number of fused-ring (bicyclic) bond motifs is 2. The van der Waals surface area contributed by atoms with Gasteiger partial charge in [-0.2, -0.15) is 0 Å². The molecule has 28 heavy (non-hydrogen) atoms. The zero-order valence-corrected chi connectivity index (χ0v) is 15.6. The molecule has 0 N–H and O–H groups in total. The minimum atomic E-state index is -0.507. The van der Waals surface area contributed by atoms with Crippen molar-refractivity contribution in [2.45, 2.75) is 50.8 Å². The number of hydrogen-bond donors (Lipinski definition) is 0. The number of ketones is 1. The third-order valence-corrected chi connectivity index (χ3v) is 5.75. The molecule has 1 amide bonds. The molecule has 5 nitrogen and oxygen atoms in total. The van der Waals surface area contributed by atoms with Gasteiger partial charge in [0.05, 0.1) is 6.20 Å². The summed E-state index contributed by atoms with van der Waals surface area (Å²) >= 11 is 0. The van der Waals surface area contributed by atoms with Crippen LogP contribution in [0.15, 0.2) is 48.8 Å². The van der Waals surface area contributed by atoms with Crippen LogP contribution in [-0.2, 0) is 11.3 Å². The van der Waals surface area contributed by atoms with E-state index in [9.17, 15) is 14.0 Å². The second-order valence-corrected chi connectivity index (χ2v) is 7.61. The summed E-state index contributed by atoms with van der Waals surface area (Å²) in [5, 5.41) is 0. The van der Waals surface area contributed by atoms with Gasteiger partial charge in [0.15, 0.2) is 5.78 Å². The lowest BCUT2D eigenvalue weighted by molar-refractivity contribution is 0.00471. The molecule has 1 aromatic heterocycles. The van der Waals surface area contributed by atoms with E-state index in [-0.39, 0.29) is 36.5 Å². The van der Waals surface area contributed by atoms with E-state index in [1.165, 1.54) is 12.3 Å². The lowest BCUT2D eigenvalue weighted by Gasteiger charge is -2.47. The Labute approximate surface area is 163 Å². The van der Waals surface area contributed by atoms with Gasteiger partial charge in [0.1, 0.15) is 12.4 Å². The Kier molecular flexibility index (Phi) is 5.37. The molecule has 2 bridgehead atoms. The lowest BCUT2D eigenvalue weighted by Crippen LogP contribution is -2.55. The van der Waals surface area contributed by atoms with E-state index < -0.39 is 5.82 Å². The summed E-state index contributed by atoms with van der Waals surface area (Å²) in [5.41, 5.74) is 1.26. The minimum Gasteiger partial charge on any atom is -0.445 e. The number of carbonyl (C=O) groups excluding carboxylic acids is 2. The number of Topliss-reactive ketones (excluding diaryl/α,β-unsaturated/α-hetero) is 1. The van der Waals surface area contributed by atoms with Gasteiger partial charge in [0.25, 0.3) is 0 Å². The Bertz CT molecular complexity index is 844.